The summed E-state index contributed by atoms with van der Waals surface area (Å²) in [5, 5.41) is 6.47. The van der Waals surface area contributed by atoms with Crippen LogP contribution in [-0.4, -0.2) is 15.0 Å². The van der Waals surface area contributed by atoms with Crippen LogP contribution in [0.15, 0.2) is 59.3 Å². The summed E-state index contributed by atoms with van der Waals surface area (Å²) in [5.41, 5.74) is 5.65. The van der Waals surface area contributed by atoms with Crippen molar-refractivity contribution in [3.8, 4) is 0 Å². The zero-order chi connectivity index (χ0) is 18.8. The number of hydrogen-bond acceptors (Lipinski definition) is 6. The first-order valence-electron chi connectivity index (χ1n) is 8.90. The number of fused-ring (bicyclic) bond motifs is 1. The summed E-state index contributed by atoms with van der Waals surface area (Å²) in [4.78, 5) is 12.8. The molecule has 0 amide bonds. The molecule has 27 heavy (non-hydrogen) atoms. The number of anilines is 4. The van der Waals surface area contributed by atoms with Crippen LogP contribution in [0.25, 0.3) is 11.1 Å². The van der Waals surface area contributed by atoms with Gasteiger partial charge in [-0.1, -0.05) is 19.9 Å². The number of aryl methyl sites for hydroxylation is 1. The van der Waals surface area contributed by atoms with Crippen molar-refractivity contribution in [1.82, 2.24) is 15.0 Å². The third-order valence-electron chi connectivity index (χ3n) is 4.29. The van der Waals surface area contributed by atoms with E-state index in [0.29, 0.717) is 11.9 Å². The fourth-order valence-corrected chi connectivity index (χ4v) is 2.79. The van der Waals surface area contributed by atoms with Gasteiger partial charge in [-0.15, -0.1) is 0 Å². The topological polar surface area (TPSA) is 75.9 Å². The van der Waals surface area contributed by atoms with E-state index < -0.39 is 0 Å². The molecular formula is C21H21N5O. The second kappa shape index (κ2) is 7.07. The van der Waals surface area contributed by atoms with E-state index in [-0.39, 0.29) is 0 Å². The Balaban J connectivity index is 1.48. The molecule has 6 heteroatoms. The smallest absolute Gasteiger partial charge is 0.300 e. The average Bonchev–Trinajstić information content (AvgIpc) is 3.04. The first-order valence-corrected chi connectivity index (χ1v) is 8.90. The van der Waals surface area contributed by atoms with Gasteiger partial charge in [-0.2, -0.15) is 4.98 Å². The summed E-state index contributed by atoms with van der Waals surface area (Å²) in [6.45, 7) is 6.27. The van der Waals surface area contributed by atoms with Crippen LogP contribution in [0.5, 0.6) is 0 Å². The molecule has 0 aliphatic carbocycles. The lowest BCUT2D eigenvalue weighted by Crippen LogP contribution is -1.96. The van der Waals surface area contributed by atoms with Crippen molar-refractivity contribution in [3.63, 3.8) is 0 Å². The molecule has 136 valence electrons. The van der Waals surface area contributed by atoms with Crippen molar-refractivity contribution in [3.05, 3.63) is 66.1 Å². The monoisotopic (exact) mass is 359 g/mol. The van der Waals surface area contributed by atoms with Crippen LogP contribution >= 0.6 is 0 Å². The van der Waals surface area contributed by atoms with E-state index in [1.54, 1.807) is 6.33 Å². The Morgan fingerprint density at radius 2 is 1.63 bits per heavy atom. The van der Waals surface area contributed by atoms with E-state index in [0.717, 1.165) is 34.0 Å². The molecule has 2 heterocycles. The van der Waals surface area contributed by atoms with Crippen molar-refractivity contribution in [1.29, 1.82) is 0 Å². The number of oxazole rings is 1. The van der Waals surface area contributed by atoms with Gasteiger partial charge in [-0.3, -0.25) is 0 Å². The zero-order valence-electron chi connectivity index (χ0n) is 15.5. The van der Waals surface area contributed by atoms with Crippen LogP contribution < -0.4 is 10.6 Å². The number of nitrogens with zero attached hydrogens (tertiary/aromatic N) is 3. The van der Waals surface area contributed by atoms with Crippen LogP contribution in [0, 0.1) is 6.92 Å². The molecule has 0 bridgehead atoms. The van der Waals surface area contributed by atoms with E-state index in [4.69, 9.17) is 4.42 Å². The summed E-state index contributed by atoms with van der Waals surface area (Å²) in [6.07, 6.45) is 1.55. The molecule has 0 atom stereocenters. The van der Waals surface area contributed by atoms with Gasteiger partial charge in [0.2, 0.25) is 0 Å². The van der Waals surface area contributed by atoms with Crippen LogP contribution in [0.1, 0.15) is 31.0 Å². The average molecular weight is 359 g/mol. The van der Waals surface area contributed by atoms with Gasteiger partial charge in [0, 0.05) is 23.1 Å². The predicted molar refractivity (Wildman–Crippen MR) is 108 cm³/mol. The van der Waals surface area contributed by atoms with Crippen molar-refractivity contribution in [2.75, 3.05) is 10.6 Å². The molecule has 4 rings (SSSR count). The first-order chi connectivity index (χ1) is 13.1. The molecule has 0 unspecified atom stereocenters. The second-order valence-corrected chi connectivity index (χ2v) is 6.77. The van der Waals surface area contributed by atoms with E-state index in [9.17, 15) is 0 Å². The predicted octanol–water partition coefficient (Wildman–Crippen LogP) is 5.54. The minimum absolute atomic E-state index is 0.459. The second-order valence-electron chi connectivity index (χ2n) is 6.77. The number of rotatable bonds is 5. The first kappa shape index (κ1) is 17.0. The van der Waals surface area contributed by atoms with Crippen LogP contribution in [0.3, 0.4) is 0 Å². The fourth-order valence-electron chi connectivity index (χ4n) is 2.79. The molecule has 4 aromatic rings. The summed E-state index contributed by atoms with van der Waals surface area (Å²) in [6, 6.07) is 16.4. The summed E-state index contributed by atoms with van der Waals surface area (Å²) in [7, 11) is 0. The largest absolute Gasteiger partial charge is 0.423 e. The maximum Gasteiger partial charge on any atom is 0.300 e. The minimum atomic E-state index is 0.459. The molecule has 0 aliphatic heterocycles. The maximum atomic E-state index is 5.79. The SMILES string of the molecule is Cc1cc(Nc2ccc(Nc3nc4cc(C(C)C)ccc4o3)cc2)ncn1. The van der Waals surface area contributed by atoms with E-state index in [1.165, 1.54) is 5.56 Å². The molecule has 0 aliphatic rings. The fraction of sp³-hybridized carbons (Fsp3) is 0.190. The standard InChI is InChI=1S/C21H21N5O/c1-13(2)15-4-9-19-18(11-15)26-21(27-19)25-17-7-5-16(6-8-17)24-20-10-14(3)22-12-23-20/h4-13H,1-3H3,(H,25,26)(H,22,23,24). The highest BCUT2D eigenvalue weighted by molar-refractivity contribution is 5.76. The van der Waals surface area contributed by atoms with Gasteiger partial charge in [-0.25, -0.2) is 9.97 Å². The van der Waals surface area contributed by atoms with Gasteiger partial charge in [0.1, 0.15) is 17.7 Å². The molecule has 0 radical (unpaired) electrons. The third-order valence-corrected chi connectivity index (χ3v) is 4.29. The van der Waals surface area contributed by atoms with E-state index in [2.05, 4.69) is 51.6 Å². The Bertz CT molecular complexity index is 1070. The molecular weight excluding hydrogens is 338 g/mol. The molecule has 2 aromatic heterocycles. The number of benzene rings is 2. The molecule has 0 saturated heterocycles. The molecule has 2 N–H and O–H groups in total. The Morgan fingerprint density at radius 3 is 2.33 bits per heavy atom. The van der Waals surface area contributed by atoms with Crippen molar-refractivity contribution in [2.45, 2.75) is 26.7 Å². The van der Waals surface area contributed by atoms with E-state index in [1.807, 2.05) is 43.3 Å². The molecule has 0 spiro atoms. The summed E-state index contributed by atoms with van der Waals surface area (Å²) < 4.78 is 5.79. The van der Waals surface area contributed by atoms with Gasteiger partial charge in [0.25, 0.3) is 6.01 Å². The molecule has 6 nitrogen and oxygen atoms in total. The number of hydrogen-bond donors (Lipinski definition) is 2. The van der Waals surface area contributed by atoms with Crippen LogP contribution in [0.4, 0.5) is 23.2 Å². The summed E-state index contributed by atoms with van der Waals surface area (Å²) >= 11 is 0. The van der Waals surface area contributed by atoms with Gasteiger partial charge < -0.3 is 15.1 Å². The van der Waals surface area contributed by atoms with Crippen molar-refractivity contribution in [2.24, 2.45) is 0 Å². The lowest BCUT2D eigenvalue weighted by atomic mass is 10.0. The lowest BCUT2D eigenvalue weighted by molar-refractivity contribution is 0.623. The lowest BCUT2D eigenvalue weighted by Gasteiger charge is -2.07. The van der Waals surface area contributed by atoms with E-state index >= 15 is 0 Å². The quantitative estimate of drug-likeness (QED) is 0.487. The Kier molecular flexibility index (Phi) is 4.46. The van der Waals surface area contributed by atoms with Gasteiger partial charge in [0.15, 0.2) is 5.58 Å². The Hall–Kier alpha value is -3.41. The Labute approximate surface area is 157 Å². The number of nitrogens with one attached hydrogen (secondary N) is 2. The highest BCUT2D eigenvalue weighted by Gasteiger charge is 2.08. The molecule has 0 saturated carbocycles. The maximum absolute atomic E-state index is 5.79. The molecule has 0 fully saturated rings. The molecule has 2 aromatic carbocycles. The third kappa shape index (κ3) is 3.89. The summed E-state index contributed by atoms with van der Waals surface area (Å²) in [5.74, 6) is 1.23. The van der Waals surface area contributed by atoms with Crippen LogP contribution in [0.2, 0.25) is 0 Å². The van der Waals surface area contributed by atoms with Gasteiger partial charge in [-0.05, 0) is 54.8 Å². The highest BCUT2D eigenvalue weighted by Crippen LogP contribution is 2.26. The minimum Gasteiger partial charge on any atom is -0.423 e. The van der Waals surface area contributed by atoms with Gasteiger partial charge >= 0.3 is 0 Å². The highest BCUT2D eigenvalue weighted by atomic mass is 16.4. The van der Waals surface area contributed by atoms with Crippen LogP contribution in [-0.2, 0) is 0 Å². The van der Waals surface area contributed by atoms with Crippen molar-refractivity contribution < 1.29 is 4.42 Å². The van der Waals surface area contributed by atoms with Crippen molar-refractivity contribution >= 4 is 34.3 Å². The van der Waals surface area contributed by atoms with Gasteiger partial charge in [0.05, 0.1) is 0 Å². The zero-order valence-corrected chi connectivity index (χ0v) is 15.5. The Morgan fingerprint density at radius 1 is 0.889 bits per heavy atom. The normalized spacial score (nSPS) is 11.1. The number of aromatic nitrogens is 3.